The Morgan fingerprint density at radius 3 is 1.50 bits per heavy atom. The highest BCUT2D eigenvalue weighted by molar-refractivity contribution is 5.95. The van der Waals surface area contributed by atoms with Crippen LogP contribution in [0.4, 0.5) is 8.78 Å². The normalized spacial score (nSPS) is 15.9. The highest BCUT2D eigenvalue weighted by atomic mass is 35.5. The van der Waals surface area contributed by atoms with Gasteiger partial charge in [0.05, 0.1) is 57.7 Å². The van der Waals surface area contributed by atoms with Gasteiger partial charge in [-0.25, -0.2) is 23.8 Å². The van der Waals surface area contributed by atoms with Gasteiger partial charge in [-0.15, -0.1) is 12.4 Å². The molecular formula is C57H52ClF2N5O7. The van der Waals surface area contributed by atoms with Gasteiger partial charge in [-0.3, -0.25) is 14.4 Å². The number of likely N-dealkylation sites (tertiary alicyclic amines) is 1. The van der Waals surface area contributed by atoms with Crippen molar-refractivity contribution < 1.29 is 33.0 Å². The average Bonchev–Trinajstić information content (AvgIpc) is 3.94. The van der Waals surface area contributed by atoms with Gasteiger partial charge in [-0.2, -0.15) is 10.2 Å². The number of benzene rings is 6. The molecule has 368 valence electrons. The van der Waals surface area contributed by atoms with Gasteiger partial charge < -0.3 is 19.5 Å². The van der Waals surface area contributed by atoms with Crippen LogP contribution in [0, 0.1) is 11.6 Å². The lowest BCUT2D eigenvalue weighted by atomic mass is 9.79. The molecule has 5 heterocycles. The number of hydrogen-bond acceptors (Lipinski definition) is 8. The Balaban J connectivity index is 0.000000147. The molecule has 15 heteroatoms. The summed E-state index contributed by atoms with van der Waals surface area (Å²) in [4.78, 5) is 49.8. The topological polar surface area (TPSA) is 168 Å². The number of carboxylic acids is 1. The summed E-state index contributed by atoms with van der Waals surface area (Å²) in [6.45, 7) is 2.43. The van der Waals surface area contributed by atoms with Gasteiger partial charge in [0.2, 0.25) is 0 Å². The van der Waals surface area contributed by atoms with E-state index in [4.69, 9.17) is 14.6 Å². The van der Waals surface area contributed by atoms with Crippen LogP contribution in [-0.2, 0) is 46.7 Å². The van der Waals surface area contributed by atoms with Crippen molar-refractivity contribution in [3.63, 3.8) is 0 Å². The molecular weight excluding hydrogens is 940 g/mol. The van der Waals surface area contributed by atoms with Crippen LogP contribution >= 0.6 is 12.4 Å². The summed E-state index contributed by atoms with van der Waals surface area (Å²) in [5, 5.41) is 24.6. The molecule has 0 radical (unpaired) electrons. The Bertz CT molecular complexity index is 3430. The molecule has 0 bridgehead atoms. The van der Waals surface area contributed by atoms with Gasteiger partial charge >= 0.3 is 5.97 Å². The molecule has 4 aliphatic rings. The van der Waals surface area contributed by atoms with E-state index in [0.717, 1.165) is 23.6 Å². The third-order valence-electron chi connectivity index (χ3n) is 14.4. The highest BCUT2D eigenvalue weighted by Gasteiger charge is 2.44. The standard InChI is InChI=1S/C28H24FN3O3.C16H11FN2O3.C13H16O.ClH/c29-24-10-9-18(16-25-20-6-2-3-7-21(20)26(33)31-30-25)15-22(24)27(34)32-13-11-28(12-14-32)23-8-4-1-5-19(23)17-35-28;17-13-6-5-9(7-12(13)16(21)22)8-14-10-3-1-2-4-11(10)15(20)19-18-14;1-4-8-13(9-5-1)12-7-3-2-6-11(12)10-14-13;/h1-10,15H,11-14,16-17H2,(H,31,33);1-7H,8H2,(H,19,20)(H,21,22);2-3,6-7H,1,4-5,8-10H2;1H. The second-order valence-electron chi connectivity index (χ2n) is 18.6. The van der Waals surface area contributed by atoms with Crippen LogP contribution in [-0.4, -0.2) is 55.4 Å². The number of rotatable bonds is 6. The Morgan fingerprint density at radius 1 is 0.569 bits per heavy atom. The molecule has 2 fully saturated rings. The van der Waals surface area contributed by atoms with Crippen LogP contribution in [0.2, 0.25) is 0 Å². The van der Waals surface area contributed by atoms with Crippen LogP contribution in [0.5, 0.6) is 0 Å². The number of aromatic carboxylic acids is 1. The van der Waals surface area contributed by atoms with E-state index >= 15 is 0 Å². The number of halogens is 3. The minimum Gasteiger partial charge on any atom is -0.478 e. The molecule has 72 heavy (non-hydrogen) atoms. The van der Waals surface area contributed by atoms with Crippen molar-refractivity contribution in [2.24, 2.45) is 0 Å². The number of hydrogen-bond donors (Lipinski definition) is 3. The van der Waals surface area contributed by atoms with Gasteiger partial charge in [0.25, 0.3) is 17.0 Å². The largest absolute Gasteiger partial charge is 0.478 e. The number of nitrogens with one attached hydrogen (secondary N) is 2. The smallest absolute Gasteiger partial charge is 0.338 e. The van der Waals surface area contributed by atoms with E-state index in [0.29, 0.717) is 72.1 Å². The fourth-order valence-electron chi connectivity index (χ4n) is 10.7. The van der Waals surface area contributed by atoms with E-state index in [-0.39, 0.29) is 58.2 Å². The number of piperidine rings is 1. The first-order valence-electron chi connectivity index (χ1n) is 24.0. The number of nitrogens with zero attached hydrogens (tertiary/aromatic N) is 3. The van der Waals surface area contributed by atoms with Crippen molar-refractivity contribution in [1.29, 1.82) is 0 Å². The van der Waals surface area contributed by atoms with Crippen LogP contribution in [0.15, 0.2) is 143 Å². The van der Waals surface area contributed by atoms with E-state index in [1.54, 1.807) is 53.4 Å². The number of carbonyl (C=O) groups is 2. The molecule has 1 saturated heterocycles. The Labute approximate surface area is 419 Å². The van der Waals surface area contributed by atoms with Gasteiger partial charge in [-0.1, -0.05) is 116 Å². The third kappa shape index (κ3) is 9.94. The predicted octanol–water partition coefficient (Wildman–Crippen LogP) is 10.5. The molecule has 8 aromatic rings. The zero-order valence-electron chi connectivity index (χ0n) is 39.3. The minimum absolute atomic E-state index is 0. The monoisotopic (exact) mass is 991 g/mol. The van der Waals surface area contributed by atoms with Crippen molar-refractivity contribution in [2.45, 2.75) is 82.2 Å². The number of ether oxygens (including phenoxy) is 2. The first kappa shape index (κ1) is 49.6. The van der Waals surface area contributed by atoms with Crippen LogP contribution < -0.4 is 11.1 Å². The summed E-state index contributed by atoms with van der Waals surface area (Å²) in [5.41, 5.74) is 6.79. The molecule has 3 N–H and O–H groups in total. The summed E-state index contributed by atoms with van der Waals surface area (Å²) in [6.07, 6.45) is 8.52. The summed E-state index contributed by atoms with van der Waals surface area (Å²) in [6, 6.07) is 39.7. The van der Waals surface area contributed by atoms with Crippen molar-refractivity contribution in [2.75, 3.05) is 13.1 Å². The molecule has 12 rings (SSSR count). The van der Waals surface area contributed by atoms with Crippen LogP contribution in [0.1, 0.15) is 110 Å². The molecule has 0 unspecified atom stereocenters. The van der Waals surface area contributed by atoms with E-state index < -0.39 is 17.6 Å². The van der Waals surface area contributed by atoms with E-state index in [2.05, 4.69) is 56.8 Å². The summed E-state index contributed by atoms with van der Waals surface area (Å²) >= 11 is 0. The number of aromatic amines is 2. The first-order chi connectivity index (χ1) is 34.5. The zero-order chi connectivity index (χ0) is 49.1. The van der Waals surface area contributed by atoms with Crippen LogP contribution in [0.3, 0.4) is 0 Å². The molecule has 1 amide bonds. The lowest BCUT2D eigenvalue weighted by Gasteiger charge is -2.39. The fraction of sp³-hybridized carbons (Fsp3) is 0.263. The lowest BCUT2D eigenvalue weighted by Crippen LogP contribution is -2.45. The maximum atomic E-state index is 14.8. The van der Waals surface area contributed by atoms with E-state index in [1.807, 2.05) is 24.3 Å². The second kappa shape index (κ2) is 21.1. The zero-order valence-corrected chi connectivity index (χ0v) is 40.1. The Kier molecular flexibility index (Phi) is 14.6. The minimum atomic E-state index is -1.32. The quantitative estimate of drug-likeness (QED) is 0.147. The number of amides is 1. The van der Waals surface area contributed by atoms with E-state index in [1.165, 1.54) is 72.6 Å². The van der Waals surface area contributed by atoms with Crippen molar-refractivity contribution in [3.05, 3.63) is 222 Å². The van der Waals surface area contributed by atoms with Crippen molar-refractivity contribution in [3.8, 4) is 0 Å². The molecule has 3 aliphatic heterocycles. The van der Waals surface area contributed by atoms with Crippen LogP contribution in [0.25, 0.3) is 21.5 Å². The SMILES string of the molecule is Cl.O=C(O)c1cc(Cc2n[nH]c(=O)c3ccccc23)ccc1F.O=C(c1cc(Cc2n[nH]c(=O)c3ccccc23)ccc1F)N1CCC2(CC1)OCc1ccccc12.c1ccc2c(c1)COC21CCCCC1. The number of H-pyrrole nitrogens is 2. The Hall–Kier alpha value is -7.39. The second-order valence-corrected chi connectivity index (χ2v) is 18.6. The van der Waals surface area contributed by atoms with Gasteiger partial charge in [0, 0.05) is 36.7 Å². The predicted molar refractivity (Wildman–Crippen MR) is 271 cm³/mol. The van der Waals surface area contributed by atoms with Crippen molar-refractivity contribution in [1.82, 2.24) is 25.3 Å². The maximum Gasteiger partial charge on any atom is 0.338 e. The molecule has 12 nitrogen and oxygen atoms in total. The third-order valence-corrected chi connectivity index (χ3v) is 14.4. The summed E-state index contributed by atoms with van der Waals surface area (Å²) in [5.74, 6) is -2.96. The Morgan fingerprint density at radius 2 is 1.00 bits per heavy atom. The van der Waals surface area contributed by atoms with E-state index in [9.17, 15) is 28.0 Å². The average molecular weight is 993 g/mol. The molecule has 0 atom stereocenters. The molecule has 1 aliphatic carbocycles. The van der Waals surface area contributed by atoms with Crippen molar-refractivity contribution >= 4 is 45.8 Å². The summed E-state index contributed by atoms with van der Waals surface area (Å²) < 4.78 is 40.4. The number of aromatic nitrogens is 4. The lowest BCUT2D eigenvalue weighted by molar-refractivity contribution is -0.0742. The molecule has 2 aromatic heterocycles. The number of carboxylic acid groups (broad SMARTS) is 1. The highest BCUT2D eigenvalue weighted by Crippen LogP contribution is 2.47. The molecule has 1 saturated carbocycles. The fourth-order valence-corrected chi connectivity index (χ4v) is 10.7. The number of fused-ring (bicyclic) bond motifs is 6. The molecule has 2 spiro atoms. The first-order valence-corrected chi connectivity index (χ1v) is 24.0. The number of carbonyl (C=O) groups excluding carboxylic acids is 1. The maximum absolute atomic E-state index is 14.8. The summed E-state index contributed by atoms with van der Waals surface area (Å²) in [7, 11) is 0. The van der Waals surface area contributed by atoms with Gasteiger partial charge in [0.15, 0.2) is 0 Å². The molecule has 6 aromatic carbocycles. The van der Waals surface area contributed by atoms with Gasteiger partial charge in [-0.05, 0) is 95.5 Å². The van der Waals surface area contributed by atoms with Gasteiger partial charge in [0.1, 0.15) is 11.6 Å².